The van der Waals surface area contributed by atoms with Crippen LogP contribution in [0.5, 0.6) is 0 Å². The van der Waals surface area contributed by atoms with Gasteiger partial charge in [-0.15, -0.1) is 0 Å². The molecule has 1 unspecified atom stereocenters. The normalized spacial score (nSPS) is 12.6. The molecule has 82 valence electrons. The average Bonchev–Trinajstić information content (AvgIpc) is 2.13. The molecule has 0 aromatic heterocycles. The first kappa shape index (κ1) is 13.1. The second kappa shape index (κ2) is 6.51. The highest BCUT2D eigenvalue weighted by Crippen LogP contribution is 2.21. The molecule has 0 aromatic carbocycles. The Morgan fingerprint density at radius 1 is 1.43 bits per heavy atom. The van der Waals surface area contributed by atoms with Gasteiger partial charge in [0.15, 0.2) is 0 Å². The molecule has 0 rings (SSSR count). The summed E-state index contributed by atoms with van der Waals surface area (Å²) in [6.45, 7) is 7.00. The second-order valence-electron chi connectivity index (χ2n) is 3.03. The first-order valence-corrected chi connectivity index (χ1v) is 4.65. The summed E-state index contributed by atoms with van der Waals surface area (Å²) in [5.41, 5.74) is 0.124. The Kier molecular flexibility index (Phi) is 6.08. The van der Waals surface area contributed by atoms with Crippen molar-refractivity contribution in [3.63, 3.8) is 0 Å². The third-order valence-electron chi connectivity index (χ3n) is 1.95. The molecule has 0 fully saturated rings. The Balaban J connectivity index is 4.08. The maximum absolute atomic E-state index is 12.3. The van der Waals surface area contributed by atoms with Crippen LogP contribution in [0.15, 0.2) is 12.2 Å². The molecule has 0 aliphatic rings. The molecule has 0 heterocycles. The molecule has 0 amide bonds. The molecular formula is C10H16F2O2. The number of rotatable bonds is 6. The number of ether oxygens (including phenoxy) is 1. The second-order valence-corrected chi connectivity index (χ2v) is 3.03. The van der Waals surface area contributed by atoms with E-state index in [1.165, 1.54) is 0 Å². The van der Waals surface area contributed by atoms with Crippen LogP contribution in [0.1, 0.15) is 26.7 Å². The van der Waals surface area contributed by atoms with Crippen LogP contribution in [0.3, 0.4) is 0 Å². The van der Waals surface area contributed by atoms with E-state index in [0.29, 0.717) is 6.42 Å². The highest BCUT2D eigenvalue weighted by atomic mass is 19.3. The molecule has 0 bridgehead atoms. The van der Waals surface area contributed by atoms with Crippen LogP contribution in [0, 0.1) is 5.92 Å². The van der Waals surface area contributed by atoms with Gasteiger partial charge >= 0.3 is 5.97 Å². The zero-order valence-corrected chi connectivity index (χ0v) is 8.56. The summed E-state index contributed by atoms with van der Waals surface area (Å²) < 4.78 is 29.3. The summed E-state index contributed by atoms with van der Waals surface area (Å²) in [6.07, 6.45) is -2.07. The minimum Gasteiger partial charge on any atom is -0.463 e. The minimum absolute atomic E-state index is 0.00694. The predicted octanol–water partition coefficient (Wildman–Crippen LogP) is 2.79. The Morgan fingerprint density at radius 2 is 2.00 bits per heavy atom. The van der Waals surface area contributed by atoms with Crippen LogP contribution >= 0.6 is 0 Å². The number of esters is 1. The Labute approximate surface area is 82.9 Å². The fourth-order valence-electron chi connectivity index (χ4n) is 1.04. The van der Waals surface area contributed by atoms with E-state index in [9.17, 15) is 13.6 Å². The van der Waals surface area contributed by atoms with Crippen molar-refractivity contribution in [3.8, 4) is 0 Å². The summed E-state index contributed by atoms with van der Waals surface area (Å²) in [6, 6.07) is 0. The van der Waals surface area contributed by atoms with Crippen molar-refractivity contribution in [2.75, 3.05) is 6.61 Å². The quantitative estimate of drug-likeness (QED) is 0.493. The van der Waals surface area contributed by atoms with Gasteiger partial charge in [-0.25, -0.2) is 13.6 Å². The largest absolute Gasteiger partial charge is 0.463 e. The zero-order chi connectivity index (χ0) is 11.1. The fourth-order valence-corrected chi connectivity index (χ4v) is 1.04. The molecule has 4 heteroatoms. The van der Waals surface area contributed by atoms with Gasteiger partial charge in [0, 0.05) is 11.5 Å². The van der Waals surface area contributed by atoms with E-state index >= 15 is 0 Å². The van der Waals surface area contributed by atoms with Crippen molar-refractivity contribution in [2.24, 2.45) is 5.92 Å². The van der Waals surface area contributed by atoms with Crippen LogP contribution in [0.25, 0.3) is 0 Å². The summed E-state index contributed by atoms with van der Waals surface area (Å²) >= 11 is 0. The van der Waals surface area contributed by atoms with E-state index in [-0.39, 0.29) is 18.6 Å². The van der Waals surface area contributed by atoms with Crippen molar-refractivity contribution in [2.45, 2.75) is 33.1 Å². The maximum Gasteiger partial charge on any atom is 0.333 e. The van der Waals surface area contributed by atoms with E-state index in [1.807, 2.05) is 0 Å². The fraction of sp³-hybridized carbons (Fsp3) is 0.700. The molecule has 0 spiro atoms. The SMILES string of the molecule is C=C(CC(CC)C(F)F)C(=O)OCC. The highest BCUT2D eigenvalue weighted by Gasteiger charge is 2.21. The van der Waals surface area contributed by atoms with Crippen molar-refractivity contribution < 1.29 is 18.3 Å². The van der Waals surface area contributed by atoms with E-state index in [4.69, 9.17) is 0 Å². The van der Waals surface area contributed by atoms with Gasteiger partial charge in [-0.05, 0) is 19.8 Å². The highest BCUT2D eigenvalue weighted by molar-refractivity contribution is 5.87. The molecule has 2 nitrogen and oxygen atoms in total. The van der Waals surface area contributed by atoms with E-state index in [2.05, 4.69) is 11.3 Å². The van der Waals surface area contributed by atoms with E-state index in [1.54, 1.807) is 13.8 Å². The van der Waals surface area contributed by atoms with Crippen LogP contribution < -0.4 is 0 Å². The van der Waals surface area contributed by atoms with Crippen molar-refractivity contribution in [1.29, 1.82) is 0 Å². The Hall–Kier alpha value is -0.930. The number of hydrogen-bond donors (Lipinski definition) is 0. The van der Waals surface area contributed by atoms with Gasteiger partial charge in [-0.3, -0.25) is 0 Å². The standard InChI is InChI=1S/C10H16F2O2/c1-4-8(9(11)12)6-7(3)10(13)14-5-2/h8-9H,3-6H2,1-2H3. The summed E-state index contributed by atoms with van der Waals surface area (Å²) in [5, 5.41) is 0. The van der Waals surface area contributed by atoms with Crippen molar-refractivity contribution in [1.82, 2.24) is 0 Å². The molecule has 0 radical (unpaired) electrons. The van der Waals surface area contributed by atoms with Gasteiger partial charge in [0.1, 0.15) is 0 Å². The lowest BCUT2D eigenvalue weighted by Crippen LogP contribution is -2.15. The van der Waals surface area contributed by atoms with Gasteiger partial charge in [-0.2, -0.15) is 0 Å². The smallest absolute Gasteiger partial charge is 0.333 e. The third kappa shape index (κ3) is 4.35. The monoisotopic (exact) mass is 206 g/mol. The molecule has 0 N–H and O–H groups in total. The maximum atomic E-state index is 12.3. The Morgan fingerprint density at radius 3 is 2.36 bits per heavy atom. The Bertz CT molecular complexity index is 202. The third-order valence-corrected chi connectivity index (χ3v) is 1.95. The predicted molar refractivity (Wildman–Crippen MR) is 50.2 cm³/mol. The lowest BCUT2D eigenvalue weighted by atomic mass is 9.98. The molecule has 14 heavy (non-hydrogen) atoms. The molecular weight excluding hydrogens is 190 g/mol. The summed E-state index contributed by atoms with van der Waals surface area (Å²) in [4.78, 5) is 11.1. The summed E-state index contributed by atoms with van der Waals surface area (Å²) in [7, 11) is 0. The first-order chi connectivity index (χ1) is 6.52. The topological polar surface area (TPSA) is 26.3 Å². The molecule has 0 aliphatic heterocycles. The van der Waals surface area contributed by atoms with Crippen LogP contribution in [0.4, 0.5) is 8.78 Å². The average molecular weight is 206 g/mol. The number of carbonyl (C=O) groups is 1. The lowest BCUT2D eigenvalue weighted by Gasteiger charge is -2.14. The summed E-state index contributed by atoms with van der Waals surface area (Å²) in [5.74, 6) is -1.38. The van der Waals surface area contributed by atoms with Gasteiger partial charge < -0.3 is 4.74 Å². The van der Waals surface area contributed by atoms with E-state index < -0.39 is 18.3 Å². The van der Waals surface area contributed by atoms with Crippen LogP contribution in [-0.2, 0) is 9.53 Å². The van der Waals surface area contributed by atoms with Crippen molar-refractivity contribution >= 4 is 5.97 Å². The van der Waals surface area contributed by atoms with Crippen LogP contribution in [-0.4, -0.2) is 19.0 Å². The van der Waals surface area contributed by atoms with E-state index in [0.717, 1.165) is 0 Å². The number of hydrogen-bond acceptors (Lipinski definition) is 2. The van der Waals surface area contributed by atoms with Gasteiger partial charge in [-0.1, -0.05) is 13.5 Å². The molecule has 0 aliphatic carbocycles. The minimum atomic E-state index is -2.41. The number of halogens is 2. The lowest BCUT2D eigenvalue weighted by molar-refractivity contribution is -0.138. The zero-order valence-electron chi connectivity index (χ0n) is 8.56. The molecule has 0 saturated heterocycles. The van der Waals surface area contributed by atoms with Crippen molar-refractivity contribution in [3.05, 3.63) is 12.2 Å². The van der Waals surface area contributed by atoms with Gasteiger partial charge in [0.2, 0.25) is 6.43 Å². The van der Waals surface area contributed by atoms with Crippen LogP contribution in [0.2, 0.25) is 0 Å². The molecule has 0 saturated carbocycles. The first-order valence-electron chi connectivity index (χ1n) is 4.65. The number of carbonyl (C=O) groups excluding carboxylic acids is 1. The molecule has 1 atom stereocenters. The number of alkyl halides is 2. The van der Waals surface area contributed by atoms with Gasteiger partial charge in [0.25, 0.3) is 0 Å². The molecule has 0 aromatic rings. The van der Waals surface area contributed by atoms with Gasteiger partial charge in [0.05, 0.1) is 6.61 Å².